The quantitative estimate of drug-likeness (QED) is 0.580. The zero-order valence-electron chi connectivity index (χ0n) is 6.64. The van der Waals surface area contributed by atoms with Crippen LogP contribution >= 0.6 is 0 Å². The highest BCUT2D eigenvalue weighted by molar-refractivity contribution is 5.38. The fourth-order valence-electron chi connectivity index (χ4n) is 1.18. The summed E-state index contributed by atoms with van der Waals surface area (Å²) in [5.74, 6) is 0. The van der Waals surface area contributed by atoms with Gasteiger partial charge in [-0.2, -0.15) is 0 Å². The second-order valence-corrected chi connectivity index (χ2v) is 2.69. The Morgan fingerprint density at radius 1 is 1.08 bits per heavy atom. The zero-order valence-corrected chi connectivity index (χ0v) is 6.64. The van der Waals surface area contributed by atoms with Crippen LogP contribution in [0.2, 0.25) is 0 Å². The summed E-state index contributed by atoms with van der Waals surface area (Å²) in [7, 11) is 0. The Kier molecular flexibility index (Phi) is 1.59. The lowest BCUT2D eigenvalue weighted by Crippen LogP contribution is -2.13. The Bertz CT molecular complexity index is 330. The minimum Gasteiger partial charge on any atom is -0.398 e. The van der Waals surface area contributed by atoms with Crippen molar-refractivity contribution in [3.8, 4) is 0 Å². The van der Waals surface area contributed by atoms with E-state index in [1.807, 2.05) is 53.8 Å². The van der Waals surface area contributed by atoms with E-state index < -0.39 is 0 Å². The maximum Gasteiger partial charge on any atom is 0.0483 e. The van der Waals surface area contributed by atoms with Crippen molar-refractivity contribution in [2.24, 2.45) is 5.73 Å². The highest BCUT2D eigenvalue weighted by atomic mass is 15.1. The molecular formula is C10H10N2. The number of hydrogen-bond acceptors (Lipinski definition) is 2. The standard InChI is InChI=1S/C10H10N2/c11-9-5-6-10-4-2-1-3-7-12(10)8-9/h1-8H,11H2. The molecule has 0 fully saturated rings. The molecule has 0 amide bonds. The van der Waals surface area contributed by atoms with Gasteiger partial charge in [-0.1, -0.05) is 12.2 Å². The molecule has 2 aliphatic rings. The number of allylic oxidation sites excluding steroid dienone is 6. The van der Waals surface area contributed by atoms with Crippen LogP contribution in [0, 0.1) is 0 Å². The number of nitrogens with two attached hydrogens (primary N) is 1. The molecule has 0 aliphatic carbocycles. The third kappa shape index (κ3) is 1.19. The molecule has 0 saturated heterocycles. The molecule has 2 heterocycles. The third-order valence-corrected chi connectivity index (χ3v) is 1.77. The van der Waals surface area contributed by atoms with Gasteiger partial charge in [0.25, 0.3) is 0 Å². The molecule has 0 atom stereocenters. The van der Waals surface area contributed by atoms with Crippen LogP contribution in [0.15, 0.2) is 60.3 Å². The molecule has 2 rings (SSSR count). The van der Waals surface area contributed by atoms with E-state index in [0.717, 1.165) is 11.4 Å². The molecule has 2 nitrogen and oxygen atoms in total. The average molecular weight is 158 g/mol. The van der Waals surface area contributed by atoms with Crippen molar-refractivity contribution < 1.29 is 0 Å². The van der Waals surface area contributed by atoms with Crippen molar-refractivity contribution in [3.63, 3.8) is 0 Å². The molecule has 0 aromatic rings. The summed E-state index contributed by atoms with van der Waals surface area (Å²) in [6, 6.07) is 0. The molecule has 0 saturated carbocycles. The second kappa shape index (κ2) is 2.74. The first-order valence-corrected chi connectivity index (χ1v) is 3.85. The van der Waals surface area contributed by atoms with Crippen molar-refractivity contribution in [2.45, 2.75) is 0 Å². The summed E-state index contributed by atoms with van der Waals surface area (Å²) in [5, 5.41) is 0. The summed E-state index contributed by atoms with van der Waals surface area (Å²) in [5.41, 5.74) is 7.55. The van der Waals surface area contributed by atoms with Crippen LogP contribution in [0.1, 0.15) is 0 Å². The lowest BCUT2D eigenvalue weighted by atomic mass is 10.2. The monoisotopic (exact) mass is 158 g/mol. The van der Waals surface area contributed by atoms with Crippen LogP contribution < -0.4 is 5.73 Å². The SMILES string of the molecule is NC1=CN2C=CC=CC=C2C=C1. The predicted octanol–water partition coefficient (Wildman–Crippen LogP) is 1.63. The molecule has 0 aromatic heterocycles. The first-order chi connectivity index (χ1) is 5.86. The highest BCUT2D eigenvalue weighted by Gasteiger charge is 2.05. The maximum absolute atomic E-state index is 5.64. The van der Waals surface area contributed by atoms with Crippen molar-refractivity contribution in [1.82, 2.24) is 4.90 Å². The molecule has 2 aliphatic heterocycles. The van der Waals surface area contributed by atoms with Crippen molar-refractivity contribution in [1.29, 1.82) is 0 Å². The molecule has 12 heavy (non-hydrogen) atoms. The maximum atomic E-state index is 5.64. The number of hydrogen-bond donors (Lipinski definition) is 1. The van der Waals surface area contributed by atoms with Crippen LogP contribution in [0.3, 0.4) is 0 Å². The third-order valence-electron chi connectivity index (χ3n) is 1.77. The van der Waals surface area contributed by atoms with E-state index in [0.29, 0.717) is 0 Å². The highest BCUT2D eigenvalue weighted by Crippen LogP contribution is 2.16. The van der Waals surface area contributed by atoms with Gasteiger partial charge in [0.2, 0.25) is 0 Å². The normalized spacial score (nSPS) is 19.8. The van der Waals surface area contributed by atoms with Gasteiger partial charge in [-0.25, -0.2) is 0 Å². The summed E-state index contributed by atoms with van der Waals surface area (Å²) in [4.78, 5) is 2.00. The van der Waals surface area contributed by atoms with Crippen molar-refractivity contribution in [3.05, 3.63) is 60.3 Å². The number of nitrogens with zero attached hydrogens (tertiary/aromatic N) is 1. The minimum atomic E-state index is 0.777. The van der Waals surface area contributed by atoms with Crippen LogP contribution in [0.5, 0.6) is 0 Å². The molecule has 0 spiro atoms. The van der Waals surface area contributed by atoms with Gasteiger partial charge in [-0.15, -0.1) is 0 Å². The topological polar surface area (TPSA) is 29.3 Å². The van der Waals surface area contributed by atoms with Gasteiger partial charge in [0.15, 0.2) is 0 Å². The number of rotatable bonds is 0. The van der Waals surface area contributed by atoms with Crippen molar-refractivity contribution in [2.75, 3.05) is 0 Å². The molecule has 0 unspecified atom stereocenters. The molecule has 2 heteroatoms. The fourth-order valence-corrected chi connectivity index (χ4v) is 1.18. The van der Waals surface area contributed by atoms with E-state index in [1.54, 1.807) is 0 Å². The molecule has 0 bridgehead atoms. The Balaban J connectivity index is 2.39. The Hall–Kier alpha value is -1.70. The molecule has 2 N–H and O–H groups in total. The lowest BCUT2D eigenvalue weighted by Gasteiger charge is -2.19. The van der Waals surface area contributed by atoms with E-state index in [4.69, 9.17) is 5.73 Å². The van der Waals surface area contributed by atoms with Crippen LogP contribution in [-0.2, 0) is 0 Å². The van der Waals surface area contributed by atoms with E-state index in [-0.39, 0.29) is 0 Å². The van der Waals surface area contributed by atoms with Gasteiger partial charge in [0, 0.05) is 23.8 Å². The summed E-state index contributed by atoms with van der Waals surface area (Å²) < 4.78 is 0. The van der Waals surface area contributed by atoms with Gasteiger partial charge < -0.3 is 10.6 Å². The average Bonchev–Trinajstić information content (AvgIpc) is 2.28. The van der Waals surface area contributed by atoms with E-state index >= 15 is 0 Å². The first kappa shape index (κ1) is 6.98. The molecule has 60 valence electrons. The lowest BCUT2D eigenvalue weighted by molar-refractivity contribution is 0.639. The second-order valence-electron chi connectivity index (χ2n) is 2.69. The van der Waals surface area contributed by atoms with Crippen LogP contribution in [0.25, 0.3) is 0 Å². The van der Waals surface area contributed by atoms with Gasteiger partial charge >= 0.3 is 0 Å². The smallest absolute Gasteiger partial charge is 0.0483 e. The van der Waals surface area contributed by atoms with E-state index in [2.05, 4.69) is 0 Å². The summed E-state index contributed by atoms with van der Waals surface area (Å²) >= 11 is 0. The van der Waals surface area contributed by atoms with Crippen LogP contribution in [-0.4, -0.2) is 4.90 Å². The minimum absolute atomic E-state index is 0.777. The Morgan fingerprint density at radius 3 is 2.92 bits per heavy atom. The van der Waals surface area contributed by atoms with Gasteiger partial charge in [0.1, 0.15) is 0 Å². The van der Waals surface area contributed by atoms with Gasteiger partial charge in [-0.05, 0) is 24.3 Å². The predicted molar refractivity (Wildman–Crippen MR) is 49.6 cm³/mol. The number of fused-ring (bicyclic) bond motifs is 1. The van der Waals surface area contributed by atoms with Gasteiger partial charge in [0.05, 0.1) is 0 Å². The first-order valence-electron chi connectivity index (χ1n) is 3.85. The summed E-state index contributed by atoms with van der Waals surface area (Å²) in [6.45, 7) is 0. The molecule has 0 radical (unpaired) electrons. The molecule has 0 aromatic carbocycles. The Labute approximate surface area is 71.7 Å². The van der Waals surface area contributed by atoms with Crippen LogP contribution in [0.4, 0.5) is 0 Å². The Morgan fingerprint density at radius 2 is 2.00 bits per heavy atom. The largest absolute Gasteiger partial charge is 0.398 e. The molecular weight excluding hydrogens is 148 g/mol. The van der Waals surface area contributed by atoms with Gasteiger partial charge in [-0.3, -0.25) is 0 Å². The van der Waals surface area contributed by atoms with E-state index in [9.17, 15) is 0 Å². The summed E-state index contributed by atoms with van der Waals surface area (Å²) in [6.07, 6.45) is 15.8. The van der Waals surface area contributed by atoms with E-state index in [1.165, 1.54) is 0 Å². The fraction of sp³-hybridized carbons (Fsp3) is 0. The zero-order chi connectivity index (χ0) is 8.39. The van der Waals surface area contributed by atoms with Crippen molar-refractivity contribution >= 4 is 0 Å².